The second-order valence-electron chi connectivity index (χ2n) is 8.64. The van der Waals surface area contributed by atoms with Gasteiger partial charge in [-0.15, -0.1) is 5.10 Å². The largest absolute Gasteiger partial charge is 0.369 e. The average Bonchev–Trinajstić information content (AvgIpc) is 3.30. The lowest BCUT2D eigenvalue weighted by Crippen LogP contribution is -2.09. The van der Waals surface area contributed by atoms with E-state index >= 15 is 0 Å². The summed E-state index contributed by atoms with van der Waals surface area (Å²) in [6.45, 7) is 4.73. The molecule has 7 nitrogen and oxygen atoms in total. The van der Waals surface area contributed by atoms with Crippen LogP contribution >= 0.6 is 11.6 Å². The summed E-state index contributed by atoms with van der Waals surface area (Å²) in [6.07, 6.45) is 0.753. The van der Waals surface area contributed by atoms with Crippen molar-refractivity contribution in [1.29, 1.82) is 0 Å². The van der Waals surface area contributed by atoms with Gasteiger partial charge in [0.15, 0.2) is 5.65 Å². The molecule has 3 aromatic carbocycles. The molecule has 0 aliphatic carbocycles. The van der Waals surface area contributed by atoms with Crippen LogP contribution in [-0.2, 0) is 16.3 Å². The monoisotopic (exact) mass is 505 g/mol. The number of halogens is 1. The Kier molecular flexibility index (Phi) is 6.17. The van der Waals surface area contributed by atoms with E-state index in [1.54, 1.807) is 12.1 Å². The number of sulfone groups is 1. The summed E-state index contributed by atoms with van der Waals surface area (Å²) in [5.74, 6) is 0.882. The van der Waals surface area contributed by atoms with E-state index in [9.17, 15) is 8.42 Å². The van der Waals surface area contributed by atoms with E-state index in [-0.39, 0.29) is 15.6 Å². The molecule has 0 bridgehead atoms. The minimum atomic E-state index is -3.91. The van der Waals surface area contributed by atoms with Gasteiger partial charge in [-0.2, -0.15) is 4.52 Å². The number of para-hydroxylation sites is 1. The molecule has 5 aromatic rings. The fourth-order valence-corrected chi connectivity index (χ4v) is 5.33. The van der Waals surface area contributed by atoms with Crippen molar-refractivity contribution in [2.75, 3.05) is 11.9 Å². The van der Waals surface area contributed by atoms with Crippen LogP contribution in [0, 0.1) is 0 Å². The van der Waals surface area contributed by atoms with Crippen LogP contribution in [0.2, 0.25) is 5.02 Å². The first-order chi connectivity index (χ1) is 16.8. The van der Waals surface area contributed by atoms with E-state index in [1.165, 1.54) is 4.52 Å². The summed E-state index contributed by atoms with van der Waals surface area (Å²) < 4.78 is 28.4. The van der Waals surface area contributed by atoms with E-state index in [0.717, 1.165) is 28.5 Å². The van der Waals surface area contributed by atoms with Crippen LogP contribution in [0.25, 0.3) is 16.6 Å². The highest BCUT2D eigenvalue weighted by Gasteiger charge is 2.27. The number of nitrogens with zero attached hydrogens (tertiary/aromatic N) is 4. The maximum absolute atomic E-state index is 13.5. The van der Waals surface area contributed by atoms with Crippen LogP contribution in [0.5, 0.6) is 0 Å². The molecular formula is C26H24ClN5O2S. The smallest absolute Gasteiger partial charge is 0.229 e. The molecule has 0 saturated heterocycles. The lowest BCUT2D eigenvalue weighted by Gasteiger charge is -2.11. The zero-order valence-corrected chi connectivity index (χ0v) is 20.9. The Labute approximate surface area is 208 Å². The lowest BCUT2D eigenvalue weighted by atomic mass is 10.0. The number of fused-ring (bicyclic) bond motifs is 3. The first kappa shape index (κ1) is 23.3. The minimum Gasteiger partial charge on any atom is -0.369 e. The van der Waals surface area contributed by atoms with Crippen LogP contribution < -0.4 is 5.32 Å². The van der Waals surface area contributed by atoms with Gasteiger partial charge in [-0.05, 0) is 59.9 Å². The van der Waals surface area contributed by atoms with Gasteiger partial charge in [0.1, 0.15) is 5.82 Å². The Bertz CT molecular complexity index is 1610. The van der Waals surface area contributed by atoms with Crippen molar-refractivity contribution >= 4 is 43.8 Å². The van der Waals surface area contributed by atoms with Gasteiger partial charge in [-0.25, -0.2) is 13.4 Å². The molecule has 0 amide bonds. The van der Waals surface area contributed by atoms with E-state index in [2.05, 4.69) is 34.5 Å². The molecule has 0 fully saturated rings. The second-order valence-corrected chi connectivity index (χ2v) is 10.9. The first-order valence-corrected chi connectivity index (χ1v) is 13.2. The Balaban J connectivity index is 1.54. The molecule has 0 aliphatic heterocycles. The number of benzene rings is 3. The second kappa shape index (κ2) is 9.28. The van der Waals surface area contributed by atoms with Gasteiger partial charge >= 0.3 is 0 Å². The van der Waals surface area contributed by atoms with E-state index in [4.69, 9.17) is 11.6 Å². The first-order valence-electron chi connectivity index (χ1n) is 11.3. The third-order valence-electron chi connectivity index (χ3n) is 5.95. The Hall–Kier alpha value is -3.49. The molecule has 0 atom stereocenters. The summed E-state index contributed by atoms with van der Waals surface area (Å²) in [6, 6.07) is 22.1. The number of anilines is 1. The highest BCUT2D eigenvalue weighted by atomic mass is 35.5. The predicted octanol–water partition coefficient (Wildman–Crippen LogP) is 5.54. The van der Waals surface area contributed by atoms with Crippen molar-refractivity contribution in [1.82, 2.24) is 19.8 Å². The van der Waals surface area contributed by atoms with Gasteiger partial charge in [0.05, 0.1) is 10.4 Å². The zero-order valence-electron chi connectivity index (χ0n) is 19.3. The molecule has 5 rings (SSSR count). The van der Waals surface area contributed by atoms with Crippen LogP contribution in [0.3, 0.4) is 0 Å². The summed E-state index contributed by atoms with van der Waals surface area (Å²) in [5.41, 5.74) is 3.10. The number of nitrogens with one attached hydrogen (secondary N) is 1. The summed E-state index contributed by atoms with van der Waals surface area (Å²) in [5, 5.41) is 12.9. The summed E-state index contributed by atoms with van der Waals surface area (Å²) in [7, 11) is -3.91. The Morgan fingerprint density at radius 3 is 2.40 bits per heavy atom. The molecule has 0 radical (unpaired) electrons. The van der Waals surface area contributed by atoms with Crippen molar-refractivity contribution < 1.29 is 8.42 Å². The van der Waals surface area contributed by atoms with E-state index in [1.807, 2.05) is 60.7 Å². The standard InChI is InChI=1S/C26H24ClN5O2S/c1-17(2)19-9-13-21(14-10-19)35(33,34)26-25-29-24(28-16-15-18-7-11-20(27)12-8-18)22-5-3-4-6-23(22)32(25)31-30-26/h3-14,17H,15-16H2,1-2H3,(H,28,29). The third kappa shape index (κ3) is 4.47. The fraction of sp³-hybridized carbons (Fsp3) is 0.192. The molecule has 0 aliphatic rings. The van der Waals surface area contributed by atoms with Gasteiger partial charge in [0, 0.05) is 17.0 Å². The summed E-state index contributed by atoms with van der Waals surface area (Å²) in [4.78, 5) is 4.84. The highest BCUT2D eigenvalue weighted by molar-refractivity contribution is 7.91. The third-order valence-corrected chi connectivity index (χ3v) is 7.87. The Morgan fingerprint density at radius 1 is 0.971 bits per heavy atom. The number of hydrogen-bond donors (Lipinski definition) is 1. The van der Waals surface area contributed by atoms with Crippen LogP contribution in [0.4, 0.5) is 5.82 Å². The average molecular weight is 506 g/mol. The molecule has 0 saturated carbocycles. The molecule has 9 heteroatoms. The maximum atomic E-state index is 13.5. The fourth-order valence-electron chi connectivity index (χ4n) is 3.97. The van der Waals surface area contributed by atoms with E-state index in [0.29, 0.717) is 23.3 Å². The van der Waals surface area contributed by atoms with Crippen LogP contribution in [-0.4, -0.2) is 34.8 Å². The number of hydrogen-bond acceptors (Lipinski definition) is 6. The minimum absolute atomic E-state index is 0.163. The highest BCUT2D eigenvalue weighted by Crippen LogP contribution is 2.28. The molecular weight excluding hydrogens is 482 g/mol. The molecule has 2 aromatic heterocycles. The number of aromatic nitrogens is 4. The summed E-state index contributed by atoms with van der Waals surface area (Å²) >= 11 is 5.98. The van der Waals surface area contributed by atoms with Gasteiger partial charge in [-0.3, -0.25) is 0 Å². The zero-order chi connectivity index (χ0) is 24.6. The molecule has 0 unspecified atom stereocenters. The molecule has 2 heterocycles. The SMILES string of the molecule is CC(C)c1ccc(S(=O)(=O)c2nnn3c2nc(NCCc2ccc(Cl)cc2)c2ccccc23)cc1. The molecule has 35 heavy (non-hydrogen) atoms. The molecule has 0 spiro atoms. The van der Waals surface area contributed by atoms with Gasteiger partial charge in [0.25, 0.3) is 0 Å². The van der Waals surface area contributed by atoms with Crippen molar-refractivity contribution in [3.05, 3.63) is 88.9 Å². The van der Waals surface area contributed by atoms with Crippen molar-refractivity contribution in [3.63, 3.8) is 0 Å². The van der Waals surface area contributed by atoms with Gasteiger partial charge in [-0.1, -0.05) is 67.1 Å². The lowest BCUT2D eigenvalue weighted by molar-refractivity contribution is 0.592. The van der Waals surface area contributed by atoms with Crippen molar-refractivity contribution in [2.24, 2.45) is 0 Å². The maximum Gasteiger partial charge on any atom is 0.229 e. The van der Waals surface area contributed by atoms with Crippen LogP contribution in [0.1, 0.15) is 30.9 Å². The Morgan fingerprint density at radius 2 is 1.69 bits per heavy atom. The van der Waals surface area contributed by atoms with Crippen molar-refractivity contribution in [3.8, 4) is 0 Å². The molecule has 178 valence electrons. The van der Waals surface area contributed by atoms with E-state index < -0.39 is 9.84 Å². The van der Waals surface area contributed by atoms with Crippen molar-refractivity contribution in [2.45, 2.75) is 36.1 Å². The molecule has 1 N–H and O–H groups in total. The topological polar surface area (TPSA) is 89.2 Å². The normalized spacial score (nSPS) is 12.0. The quantitative estimate of drug-likeness (QED) is 0.312. The predicted molar refractivity (Wildman–Crippen MR) is 138 cm³/mol. The number of rotatable bonds is 7. The van der Waals surface area contributed by atoms with Gasteiger partial charge < -0.3 is 5.32 Å². The van der Waals surface area contributed by atoms with Gasteiger partial charge in [0.2, 0.25) is 14.9 Å². The van der Waals surface area contributed by atoms with Crippen LogP contribution in [0.15, 0.2) is 82.7 Å².